The van der Waals surface area contributed by atoms with Crippen LogP contribution in [0.25, 0.3) is 22.5 Å². The summed E-state index contributed by atoms with van der Waals surface area (Å²) in [6, 6.07) is 22.1. The van der Waals surface area contributed by atoms with E-state index in [1.54, 1.807) is 0 Å². The number of hydrogen-bond donors (Lipinski definition) is 1. The number of hydrogen-bond acceptors (Lipinski definition) is 5. The first-order valence-electron chi connectivity index (χ1n) is 11.1. The Balaban J connectivity index is 1.13. The van der Waals surface area contributed by atoms with Crippen LogP contribution in [0.3, 0.4) is 0 Å². The van der Waals surface area contributed by atoms with Crippen LogP contribution < -0.4 is 14.8 Å². The number of nitrogens with one attached hydrogen (secondary N) is 1. The predicted molar refractivity (Wildman–Crippen MR) is 122 cm³/mol. The van der Waals surface area contributed by atoms with Gasteiger partial charge < -0.3 is 19.3 Å². The Labute approximate surface area is 190 Å². The van der Waals surface area contributed by atoms with Gasteiger partial charge in [0, 0.05) is 17.3 Å². The number of carbonyl (C=O) groups excluding carboxylic acids is 1. The average Bonchev–Trinajstić information content (AvgIpc) is 3.17. The van der Waals surface area contributed by atoms with Crippen molar-refractivity contribution in [3.8, 4) is 33.9 Å². The van der Waals surface area contributed by atoms with Crippen LogP contribution in [0.5, 0.6) is 11.5 Å². The molecule has 1 aromatic heterocycles. The minimum Gasteiger partial charge on any atom is -0.454 e. The second kappa shape index (κ2) is 6.72. The Hall–Kier alpha value is -4.06. The zero-order chi connectivity index (χ0) is 22.0. The first-order valence-corrected chi connectivity index (χ1v) is 11.1. The van der Waals surface area contributed by atoms with Gasteiger partial charge in [-0.05, 0) is 71.8 Å². The quantitative estimate of drug-likeness (QED) is 0.413. The molecule has 2 heterocycles. The highest BCUT2D eigenvalue weighted by Crippen LogP contribution is 2.49. The highest BCUT2D eigenvalue weighted by molar-refractivity contribution is 6.01. The molecule has 33 heavy (non-hydrogen) atoms. The van der Waals surface area contributed by atoms with Gasteiger partial charge in [0.25, 0.3) is 0 Å². The minimum atomic E-state index is -0.639. The molecular formula is C27H20N2O4. The summed E-state index contributed by atoms with van der Waals surface area (Å²) in [5.74, 6) is 1.97. The van der Waals surface area contributed by atoms with Gasteiger partial charge >= 0.3 is 0 Å². The van der Waals surface area contributed by atoms with E-state index in [0.29, 0.717) is 23.0 Å². The fourth-order valence-corrected chi connectivity index (χ4v) is 4.88. The summed E-state index contributed by atoms with van der Waals surface area (Å²) in [5.41, 5.74) is 6.78. The fourth-order valence-electron chi connectivity index (χ4n) is 4.88. The molecule has 1 aliphatic heterocycles. The summed E-state index contributed by atoms with van der Waals surface area (Å²) in [5, 5.41) is 7.39. The van der Waals surface area contributed by atoms with Crippen LogP contribution in [-0.4, -0.2) is 17.9 Å². The molecule has 7 rings (SSSR count). The van der Waals surface area contributed by atoms with Gasteiger partial charge in [-0.1, -0.05) is 35.5 Å². The summed E-state index contributed by atoms with van der Waals surface area (Å²) >= 11 is 0. The van der Waals surface area contributed by atoms with E-state index in [9.17, 15) is 4.79 Å². The van der Waals surface area contributed by atoms with E-state index < -0.39 is 5.41 Å². The molecule has 0 saturated heterocycles. The molecule has 6 nitrogen and oxygen atoms in total. The molecule has 0 radical (unpaired) electrons. The van der Waals surface area contributed by atoms with Crippen LogP contribution >= 0.6 is 0 Å². The SMILES string of the molecule is O=C(Nc1ccc2c(c1)Cc1ccccc1-2)C1(c2cc(-c3ccc4c(c3)OCO4)on2)CC1. The van der Waals surface area contributed by atoms with Crippen LogP contribution in [0.4, 0.5) is 5.69 Å². The molecule has 0 spiro atoms. The van der Waals surface area contributed by atoms with Crippen LogP contribution in [0.1, 0.15) is 29.7 Å². The number of anilines is 1. The Bertz CT molecular complexity index is 1430. The molecule has 3 aliphatic rings. The number of amides is 1. The Morgan fingerprint density at radius 3 is 2.64 bits per heavy atom. The molecule has 1 saturated carbocycles. The number of rotatable bonds is 4. The topological polar surface area (TPSA) is 73.6 Å². The second-order valence-electron chi connectivity index (χ2n) is 8.89. The van der Waals surface area contributed by atoms with Gasteiger partial charge in [0.15, 0.2) is 17.3 Å². The summed E-state index contributed by atoms with van der Waals surface area (Å²) in [4.78, 5) is 13.3. The normalized spacial score (nSPS) is 16.2. The average molecular weight is 436 g/mol. The molecule has 0 bridgehead atoms. The number of ether oxygens (including phenoxy) is 2. The van der Waals surface area contributed by atoms with Gasteiger partial charge in [0.05, 0.1) is 11.1 Å². The molecule has 2 aliphatic carbocycles. The number of benzene rings is 3. The zero-order valence-corrected chi connectivity index (χ0v) is 17.8. The third-order valence-electron chi connectivity index (χ3n) is 6.89. The highest BCUT2D eigenvalue weighted by Gasteiger charge is 2.54. The molecule has 0 atom stereocenters. The van der Waals surface area contributed by atoms with Crippen molar-refractivity contribution in [2.24, 2.45) is 0 Å². The van der Waals surface area contributed by atoms with Gasteiger partial charge in [0.2, 0.25) is 12.7 Å². The molecule has 1 N–H and O–H groups in total. The number of aromatic nitrogens is 1. The van der Waals surface area contributed by atoms with Crippen LogP contribution in [-0.2, 0) is 16.6 Å². The molecule has 4 aromatic rings. The third kappa shape index (κ3) is 2.87. The van der Waals surface area contributed by atoms with E-state index in [4.69, 9.17) is 14.0 Å². The van der Waals surface area contributed by atoms with Crippen molar-refractivity contribution >= 4 is 11.6 Å². The molecule has 6 heteroatoms. The lowest BCUT2D eigenvalue weighted by atomic mass is 9.99. The van der Waals surface area contributed by atoms with Crippen molar-refractivity contribution in [3.63, 3.8) is 0 Å². The van der Waals surface area contributed by atoms with Gasteiger partial charge in [-0.25, -0.2) is 0 Å². The third-order valence-corrected chi connectivity index (χ3v) is 6.89. The van der Waals surface area contributed by atoms with Crippen molar-refractivity contribution in [2.45, 2.75) is 24.7 Å². The summed E-state index contributed by atoms with van der Waals surface area (Å²) in [7, 11) is 0. The van der Waals surface area contributed by atoms with Gasteiger partial charge in [0.1, 0.15) is 0 Å². The van der Waals surface area contributed by atoms with Crippen molar-refractivity contribution < 1.29 is 18.8 Å². The maximum Gasteiger partial charge on any atom is 0.236 e. The lowest BCUT2D eigenvalue weighted by Crippen LogP contribution is -2.28. The van der Waals surface area contributed by atoms with Crippen molar-refractivity contribution in [1.29, 1.82) is 0 Å². The molecule has 0 unspecified atom stereocenters. The number of carbonyl (C=O) groups is 1. The van der Waals surface area contributed by atoms with Gasteiger partial charge in [-0.15, -0.1) is 0 Å². The predicted octanol–water partition coefficient (Wildman–Crippen LogP) is 5.31. The monoisotopic (exact) mass is 436 g/mol. The highest BCUT2D eigenvalue weighted by atomic mass is 16.7. The maximum absolute atomic E-state index is 13.3. The number of fused-ring (bicyclic) bond motifs is 4. The lowest BCUT2D eigenvalue weighted by molar-refractivity contribution is -0.118. The maximum atomic E-state index is 13.3. The molecule has 1 amide bonds. The van der Waals surface area contributed by atoms with Crippen LogP contribution in [0.15, 0.2) is 71.3 Å². The summed E-state index contributed by atoms with van der Waals surface area (Å²) in [6.07, 6.45) is 2.40. The second-order valence-corrected chi connectivity index (χ2v) is 8.89. The summed E-state index contributed by atoms with van der Waals surface area (Å²) in [6.45, 7) is 0.221. The van der Waals surface area contributed by atoms with E-state index in [2.05, 4.69) is 46.9 Å². The fraction of sp³-hybridized carbons (Fsp3) is 0.185. The Morgan fingerprint density at radius 2 is 1.73 bits per heavy atom. The lowest BCUT2D eigenvalue weighted by Gasteiger charge is -2.13. The Kier molecular flexibility index (Phi) is 3.77. The van der Waals surface area contributed by atoms with E-state index in [1.165, 1.54) is 22.3 Å². The molecule has 3 aromatic carbocycles. The van der Waals surface area contributed by atoms with Crippen LogP contribution in [0.2, 0.25) is 0 Å². The van der Waals surface area contributed by atoms with Crippen LogP contribution in [0, 0.1) is 0 Å². The number of nitrogens with zero attached hydrogens (tertiary/aromatic N) is 1. The largest absolute Gasteiger partial charge is 0.454 e. The standard InChI is InChI=1S/C27H20N2O4/c30-26(28-19-6-7-21-18(12-19)11-16-3-1-2-4-20(16)21)27(9-10-27)25-14-23(33-29-25)17-5-8-22-24(13-17)32-15-31-22/h1-8,12-14H,9-11,15H2,(H,28,30). The van der Waals surface area contributed by atoms with E-state index in [0.717, 1.165) is 30.5 Å². The molecule has 1 fully saturated rings. The first kappa shape index (κ1) is 18.5. The van der Waals surface area contributed by atoms with Crippen molar-refractivity contribution in [3.05, 3.63) is 83.6 Å². The minimum absolute atomic E-state index is 0.0384. The zero-order valence-electron chi connectivity index (χ0n) is 17.8. The Morgan fingerprint density at radius 1 is 0.879 bits per heavy atom. The van der Waals surface area contributed by atoms with E-state index in [1.807, 2.05) is 30.3 Å². The van der Waals surface area contributed by atoms with Gasteiger partial charge in [-0.3, -0.25) is 4.79 Å². The summed E-state index contributed by atoms with van der Waals surface area (Å²) < 4.78 is 16.4. The van der Waals surface area contributed by atoms with Crippen molar-refractivity contribution in [1.82, 2.24) is 5.16 Å². The van der Waals surface area contributed by atoms with E-state index >= 15 is 0 Å². The molecule has 162 valence electrons. The first-order chi connectivity index (χ1) is 16.2. The smallest absolute Gasteiger partial charge is 0.236 e. The van der Waals surface area contributed by atoms with Crippen molar-refractivity contribution in [2.75, 3.05) is 12.1 Å². The van der Waals surface area contributed by atoms with Gasteiger partial charge in [-0.2, -0.15) is 0 Å². The van der Waals surface area contributed by atoms with E-state index in [-0.39, 0.29) is 12.7 Å². The molecular weight excluding hydrogens is 416 g/mol.